The minimum absolute atomic E-state index is 0.110. The second-order valence-corrected chi connectivity index (χ2v) is 4.00. The highest BCUT2D eigenvalue weighted by Crippen LogP contribution is 2.21. The van der Waals surface area contributed by atoms with Gasteiger partial charge in [-0.3, -0.25) is 4.79 Å². The Morgan fingerprint density at radius 2 is 2.31 bits per heavy atom. The van der Waals surface area contributed by atoms with Crippen LogP contribution in [-0.2, 0) is 11.3 Å². The lowest BCUT2D eigenvalue weighted by Crippen LogP contribution is -2.19. The van der Waals surface area contributed by atoms with Crippen molar-refractivity contribution in [3.63, 3.8) is 0 Å². The van der Waals surface area contributed by atoms with Gasteiger partial charge in [-0.25, -0.2) is 4.98 Å². The number of hydrogen-bond donors (Lipinski definition) is 1. The number of benzene rings is 1. The third kappa shape index (κ3) is 1.39. The standard InChI is InChI=1S/C11H8ClN3O/c12-7-1-2-8-9(5-7)15-4-3-11(16)13-6-10(15)14-8/h1-5H,6H2,(H,13,16). The molecule has 0 spiro atoms. The van der Waals surface area contributed by atoms with Crippen LogP contribution in [0.15, 0.2) is 24.3 Å². The summed E-state index contributed by atoms with van der Waals surface area (Å²) >= 11 is 5.94. The molecule has 2 heterocycles. The van der Waals surface area contributed by atoms with E-state index >= 15 is 0 Å². The Labute approximate surface area is 96.5 Å². The van der Waals surface area contributed by atoms with Crippen molar-refractivity contribution in [1.82, 2.24) is 14.9 Å². The molecule has 1 aromatic heterocycles. The molecule has 80 valence electrons. The number of rotatable bonds is 0. The molecule has 1 amide bonds. The summed E-state index contributed by atoms with van der Waals surface area (Å²) in [4.78, 5) is 15.6. The quantitative estimate of drug-likeness (QED) is 0.754. The Bertz CT molecular complexity index is 615. The normalized spacial score (nSPS) is 14.7. The molecule has 4 nitrogen and oxygen atoms in total. The van der Waals surface area contributed by atoms with E-state index < -0.39 is 0 Å². The van der Waals surface area contributed by atoms with Crippen LogP contribution in [-0.4, -0.2) is 15.5 Å². The van der Waals surface area contributed by atoms with Crippen molar-refractivity contribution in [3.05, 3.63) is 35.1 Å². The van der Waals surface area contributed by atoms with E-state index in [9.17, 15) is 4.79 Å². The van der Waals surface area contributed by atoms with Crippen LogP contribution in [0.4, 0.5) is 0 Å². The average Bonchev–Trinajstić information content (AvgIpc) is 2.50. The maximum absolute atomic E-state index is 11.2. The average molecular weight is 234 g/mol. The third-order valence-corrected chi connectivity index (χ3v) is 2.76. The van der Waals surface area contributed by atoms with Gasteiger partial charge in [0.05, 0.1) is 17.6 Å². The van der Waals surface area contributed by atoms with E-state index in [1.165, 1.54) is 6.08 Å². The van der Waals surface area contributed by atoms with Gasteiger partial charge in [-0.15, -0.1) is 0 Å². The molecule has 1 aliphatic heterocycles. The van der Waals surface area contributed by atoms with Crippen molar-refractivity contribution in [3.8, 4) is 0 Å². The van der Waals surface area contributed by atoms with Crippen molar-refractivity contribution >= 4 is 34.7 Å². The van der Waals surface area contributed by atoms with Gasteiger partial charge in [-0.2, -0.15) is 0 Å². The molecule has 1 aromatic carbocycles. The number of aromatic nitrogens is 2. The zero-order chi connectivity index (χ0) is 11.1. The minimum atomic E-state index is -0.110. The maximum Gasteiger partial charge on any atom is 0.245 e. The highest BCUT2D eigenvalue weighted by atomic mass is 35.5. The van der Waals surface area contributed by atoms with E-state index in [1.54, 1.807) is 12.3 Å². The Balaban J connectivity index is 2.30. The summed E-state index contributed by atoms with van der Waals surface area (Å²) < 4.78 is 1.87. The predicted molar refractivity (Wildman–Crippen MR) is 61.9 cm³/mol. The fraction of sp³-hybridized carbons (Fsp3) is 0.0909. The third-order valence-electron chi connectivity index (χ3n) is 2.52. The number of carbonyl (C=O) groups is 1. The molecule has 0 aliphatic carbocycles. The zero-order valence-corrected chi connectivity index (χ0v) is 9.03. The molecule has 0 unspecified atom stereocenters. The molecule has 0 radical (unpaired) electrons. The first-order valence-electron chi connectivity index (χ1n) is 4.86. The van der Waals surface area contributed by atoms with Crippen molar-refractivity contribution in [2.24, 2.45) is 0 Å². The van der Waals surface area contributed by atoms with E-state index in [0.717, 1.165) is 16.9 Å². The summed E-state index contributed by atoms with van der Waals surface area (Å²) in [6, 6.07) is 5.52. The lowest BCUT2D eigenvalue weighted by atomic mass is 10.3. The second-order valence-electron chi connectivity index (χ2n) is 3.56. The van der Waals surface area contributed by atoms with Crippen molar-refractivity contribution in [1.29, 1.82) is 0 Å². The summed E-state index contributed by atoms with van der Waals surface area (Å²) in [6.45, 7) is 0.429. The summed E-state index contributed by atoms with van der Waals surface area (Å²) in [6.07, 6.45) is 3.20. The molecule has 1 N–H and O–H groups in total. The van der Waals surface area contributed by atoms with Gasteiger partial charge in [0.25, 0.3) is 0 Å². The van der Waals surface area contributed by atoms with Gasteiger partial charge in [-0.05, 0) is 18.2 Å². The Morgan fingerprint density at radius 3 is 3.19 bits per heavy atom. The van der Waals surface area contributed by atoms with Gasteiger partial charge in [0.2, 0.25) is 5.91 Å². The lowest BCUT2D eigenvalue weighted by Gasteiger charge is -1.99. The number of fused-ring (bicyclic) bond motifs is 3. The van der Waals surface area contributed by atoms with Crippen molar-refractivity contribution in [2.75, 3.05) is 0 Å². The smallest absolute Gasteiger partial charge is 0.245 e. The molecular formula is C11H8ClN3O. The number of carbonyl (C=O) groups excluding carboxylic acids is 1. The monoisotopic (exact) mass is 233 g/mol. The van der Waals surface area contributed by atoms with Crippen molar-refractivity contribution in [2.45, 2.75) is 6.54 Å². The van der Waals surface area contributed by atoms with E-state index in [1.807, 2.05) is 16.7 Å². The Morgan fingerprint density at radius 1 is 1.44 bits per heavy atom. The van der Waals surface area contributed by atoms with Crippen molar-refractivity contribution < 1.29 is 4.79 Å². The fourth-order valence-corrected chi connectivity index (χ4v) is 1.94. The zero-order valence-electron chi connectivity index (χ0n) is 8.27. The van der Waals surface area contributed by atoms with Crippen LogP contribution in [0.3, 0.4) is 0 Å². The van der Waals surface area contributed by atoms with E-state index in [2.05, 4.69) is 10.3 Å². The van der Waals surface area contributed by atoms with Gasteiger partial charge >= 0.3 is 0 Å². The summed E-state index contributed by atoms with van der Waals surface area (Å²) in [7, 11) is 0. The van der Waals surface area contributed by atoms with Crippen LogP contribution >= 0.6 is 11.6 Å². The number of hydrogen-bond acceptors (Lipinski definition) is 2. The van der Waals surface area contributed by atoms with Crippen LogP contribution in [0.2, 0.25) is 5.02 Å². The number of amides is 1. The first kappa shape index (κ1) is 9.42. The molecule has 16 heavy (non-hydrogen) atoms. The van der Waals surface area contributed by atoms with E-state index in [0.29, 0.717) is 11.6 Å². The van der Waals surface area contributed by atoms with Crippen LogP contribution < -0.4 is 5.32 Å². The molecule has 3 rings (SSSR count). The SMILES string of the molecule is O=C1C=Cn2c(nc3ccc(Cl)cc32)CN1. The predicted octanol–water partition coefficient (Wildman–Crippen LogP) is 1.79. The number of nitrogens with zero attached hydrogens (tertiary/aromatic N) is 2. The fourth-order valence-electron chi connectivity index (χ4n) is 1.77. The van der Waals surface area contributed by atoms with Crippen LogP contribution in [0, 0.1) is 0 Å². The molecule has 0 saturated carbocycles. The molecule has 0 atom stereocenters. The lowest BCUT2D eigenvalue weighted by molar-refractivity contribution is -0.116. The number of nitrogens with one attached hydrogen (secondary N) is 1. The number of imidazole rings is 1. The highest BCUT2D eigenvalue weighted by Gasteiger charge is 2.12. The molecule has 0 bridgehead atoms. The summed E-state index contributed by atoms with van der Waals surface area (Å²) in [5.74, 6) is 0.694. The summed E-state index contributed by atoms with van der Waals surface area (Å²) in [5, 5.41) is 3.39. The van der Waals surface area contributed by atoms with Gasteiger partial charge < -0.3 is 9.88 Å². The molecule has 0 fully saturated rings. The van der Waals surface area contributed by atoms with E-state index in [4.69, 9.17) is 11.6 Å². The first-order valence-corrected chi connectivity index (χ1v) is 5.24. The largest absolute Gasteiger partial charge is 0.345 e. The maximum atomic E-state index is 11.2. The number of halogens is 1. The molecule has 5 heteroatoms. The van der Waals surface area contributed by atoms with Gasteiger partial charge in [0.15, 0.2) is 0 Å². The first-order chi connectivity index (χ1) is 7.74. The minimum Gasteiger partial charge on any atom is -0.345 e. The molecule has 2 aromatic rings. The van der Waals surface area contributed by atoms with Gasteiger partial charge in [0.1, 0.15) is 5.82 Å². The van der Waals surface area contributed by atoms with Crippen LogP contribution in [0.5, 0.6) is 0 Å². The van der Waals surface area contributed by atoms with Gasteiger partial charge in [0, 0.05) is 17.3 Å². The van der Waals surface area contributed by atoms with E-state index in [-0.39, 0.29) is 5.91 Å². The van der Waals surface area contributed by atoms with Crippen LogP contribution in [0.25, 0.3) is 17.2 Å². The van der Waals surface area contributed by atoms with Crippen LogP contribution in [0.1, 0.15) is 5.82 Å². The Hall–Kier alpha value is -1.81. The summed E-state index contributed by atoms with van der Waals surface area (Å²) in [5.41, 5.74) is 1.79. The highest BCUT2D eigenvalue weighted by molar-refractivity contribution is 6.31. The molecule has 1 aliphatic rings. The second kappa shape index (κ2) is 3.35. The Kier molecular flexibility index (Phi) is 1.97. The molecular weight excluding hydrogens is 226 g/mol. The topological polar surface area (TPSA) is 46.9 Å². The van der Waals surface area contributed by atoms with Gasteiger partial charge in [-0.1, -0.05) is 11.6 Å². The molecule has 0 saturated heterocycles.